The van der Waals surface area contributed by atoms with Crippen LogP contribution in [0, 0.1) is 0 Å². The Hall–Kier alpha value is -3.02. The maximum Gasteiger partial charge on any atom is 0.256 e. The Kier molecular flexibility index (Phi) is 7.33. The number of benzene rings is 2. The van der Waals surface area contributed by atoms with Crippen LogP contribution in [0.25, 0.3) is 0 Å². The van der Waals surface area contributed by atoms with Crippen molar-refractivity contribution in [1.82, 2.24) is 4.90 Å². The predicted molar refractivity (Wildman–Crippen MR) is 121 cm³/mol. The molecule has 1 fully saturated rings. The summed E-state index contributed by atoms with van der Waals surface area (Å²) in [6.45, 7) is 7.18. The highest BCUT2D eigenvalue weighted by atomic mass is 16.5. The molecule has 6 heteroatoms. The van der Waals surface area contributed by atoms with Crippen LogP contribution in [0.15, 0.2) is 42.5 Å². The van der Waals surface area contributed by atoms with E-state index < -0.39 is 0 Å². The summed E-state index contributed by atoms with van der Waals surface area (Å²) < 4.78 is 5.15. The van der Waals surface area contributed by atoms with Crippen LogP contribution in [-0.4, -0.2) is 50.0 Å². The molecule has 0 radical (unpaired) electrons. The molecule has 0 aromatic heterocycles. The Morgan fingerprint density at radius 3 is 2.27 bits per heavy atom. The van der Waals surface area contributed by atoms with E-state index in [2.05, 4.69) is 10.2 Å². The van der Waals surface area contributed by atoms with Crippen LogP contribution in [0.4, 0.5) is 11.4 Å². The number of carbonyl (C=O) groups is 2. The third-order valence-corrected chi connectivity index (χ3v) is 5.58. The van der Waals surface area contributed by atoms with Gasteiger partial charge in [0.15, 0.2) is 0 Å². The van der Waals surface area contributed by atoms with Gasteiger partial charge in [0, 0.05) is 43.1 Å². The summed E-state index contributed by atoms with van der Waals surface area (Å²) in [4.78, 5) is 30.0. The van der Waals surface area contributed by atoms with Gasteiger partial charge in [0.2, 0.25) is 0 Å². The topological polar surface area (TPSA) is 61.9 Å². The molecule has 0 saturated carbocycles. The molecule has 0 unspecified atom stereocenters. The third-order valence-electron chi connectivity index (χ3n) is 5.58. The van der Waals surface area contributed by atoms with Crippen molar-refractivity contribution in [2.45, 2.75) is 33.1 Å². The Labute approximate surface area is 178 Å². The van der Waals surface area contributed by atoms with Crippen molar-refractivity contribution in [2.24, 2.45) is 0 Å². The molecule has 0 spiro atoms. The van der Waals surface area contributed by atoms with Crippen LogP contribution in [-0.2, 0) is 0 Å². The first-order valence-corrected chi connectivity index (χ1v) is 10.7. The monoisotopic (exact) mass is 409 g/mol. The molecule has 3 rings (SSSR count). The second-order valence-corrected chi connectivity index (χ2v) is 7.44. The summed E-state index contributed by atoms with van der Waals surface area (Å²) in [6.07, 6.45) is 3.50. The van der Waals surface area contributed by atoms with Crippen molar-refractivity contribution in [3.05, 3.63) is 53.6 Å². The minimum Gasteiger partial charge on any atom is -0.497 e. The zero-order valence-electron chi connectivity index (χ0n) is 18.1. The summed E-state index contributed by atoms with van der Waals surface area (Å²) in [5.74, 6) is 0.482. The fourth-order valence-corrected chi connectivity index (χ4v) is 3.82. The zero-order valence-corrected chi connectivity index (χ0v) is 18.1. The molecule has 160 valence electrons. The second kappa shape index (κ2) is 10.1. The highest BCUT2D eigenvalue weighted by Gasteiger charge is 2.22. The maximum absolute atomic E-state index is 13.2. The summed E-state index contributed by atoms with van der Waals surface area (Å²) in [5, 5.41) is 2.93. The minimum atomic E-state index is -0.218. The Morgan fingerprint density at radius 2 is 1.67 bits per heavy atom. The highest BCUT2D eigenvalue weighted by Crippen LogP contribution is 2.28. The minimum absolute atomic E-state index is 0.00104. The van der Waals surface area contributed by atoms with Crippen molar-refractivity contribution in [2.75, 3.05) is 43.5 Å². The van der Waals surface area contributed by atoms with Crippen molar-refractivity contribution >= 4 is 23.2 Å². The molecular weight excluding hydrogens is 378 g/mol. The number of hydrogen-bond donors (Lipinski definition) is 1. The molecule has 1 heterocycles. The van der Waals surface area contributed by atoms with E-state index in [4.69, 9.17) is 4.74 Å². The summed E-state index contributed by atoms with van der Waals surface area (Å²) in [7, 11) is 1.59. The van der Waals surface area contributed by atoms with Gasteiger partial charge in [-0.15, -0.1) is 0 Å². The normalized spacial score (nSPS) is 13.6. The number of ether oxygens (including phenoxy) is 1. The molecule has 1 saturated heterocycles. The van der Waals surface area contributed by atoms with E-state index in [0.717, 1.165) is 31.6 Å². The number of rotatable bonds is 7. The predicted octanol–water partition coefficient (Wildman–Crippen LogP) is 4.42. The zero-order chi connectivity index (χ0) is 21.5. The molecule has 1 aliphatic heterocycles. The molecule has 2 aromatic rings. The molecule has 0 bridgehead atoms. The average Bonchev–Trinajstić information content (AvgIpc) is 2.80. The van der Waals surface area contributed by atoms with Crippen LogP contribution in [0.1, 0.15) is 53.8 Å². The molecule has 1 aliphatic rings. The van der Waals surface area contributed by atoms with Gasteiger partial charge in [-0.1, -0.05) is 0 Å². The lowest BCUT2D eigenvalue weighted by Crippen LogP contribution is -2.35. The third kappa shape index (κ3) is 4.93. The number of piperidine rings is 1. The Balaban J connectivity index is 1.88. The van der Waals surface area contributed by atoms with Crippen LogP contribution in [0.2, 0.25) is 0 Å². The first-order valence-electron chi connectivity index (χ1n) is 10.7. The van der Waals surface area contributed by atoms with Crippen LogP contribution >= 0.6 is 0 Å². The van der Waals surface area contributed by atoms with Crippen molar-refractivity contribution in [3.8, 4) is 5.75 Å². The standard InChI is InChI=1S/C24H31N3O3/c1-4-26(5-2)24(29)21-17-19(11-14-22(21)27-15-7-6-8-16-27)25-23(28)18-9-12-20(30-3)13-10-18/h9-14,17H,4-8,15-16H2,1-3H3,(H,25,28). The maximum atomic E-state index is 13.2. The van der Waals surface area contributed by atoms with E-state index in [-0.39, 0.29) is 11.8 Å². The first kappa shape index (κ1) is 21.7. The van der Waals surface area contributed by atoms with Crippen LogP contribution in [0.5, 0.6) is 5.75 Å². The van der Waals surface area contributed by atoms with Gasteiger partial charge in [0.1, 0.15) is 5.75 Å². The Morgan fingerprint density at radius 1 is 1.00 bits per heavy atom. The second-order valence-electron chi connectivity index (χ2n) is 7.44. The van der Waals surface area contributed by atoms with E-state index in [9.17, 15) is 9.59 Å². The molecule has 6 nitrogen and oxygen atoms in total. The van der Waals surface area contributed by atoms with Gasteiger partial charge in [-0.3, -0.25) is 9.59 Å². The highest BCUT2D eigenvalue weighted by molar-refractivity contribution is 6.06. The van der Waals surface area contributed by atoms with Gasteiger partial charge >= 0.3 is 0 Å². The SMILES string of the molecule is CCN(CC)C(=O)c1cc(NC(=O)c2ccc(OC)cc2)ccc1N1CCCCC1. The molecular formula is C24H31N3O3. The largest absolute Gasteiger partial charge is 0.497 e. The van der Waals surface area contributed by atoms with E-state index in [1.165, 1.54) is 6.42 Å². The van der Waals surface area contributed by atoms with Gasteiger partial charge in [0.25, 0.3) is 11.8 Å². The number of amides is 2. The number of nitrogens with zero attached hydrogens (tertiary/aromatic N) is 2. The molecule has 1 N–H and O–H groups in total. The van der Waals surface area contributed by atoms with Gasteiger partial charge < -0.3 is 19.9 Å². The molecule has 0 aliphatic carbocycles. The fourth-order valence-electron chi connectivity index (χ4n) is 3.82. The summed E-state index contributed by atoms with van der Waals surface area (Å²) >= 11 is 0. The van der Waals surface area contributed by atoms with Crippen LogP contribution < -0.4 is 15.0 Å². The van der Waals surface area contributed by atoms with Gasteiger partial charge in [-0.2, -0.15) is 0 Å². The fraction of sp³-hybridized carbons (Fsp3) is 0.417. The van der Waals surface area contributed by atoms with E-state index in [1.54, 1.807) is 31.4 Å². The van der Waals surface area contributed by atoms with E-state index in [1.807, 2.05) is 36.9 Å². The smallest absolute Gasteiger partial charge is 0.256 e. The van der Waals surface area contributed by atoms with Crippen molar-refractivity contribution < 1.29 is 14.3 Å². The quantitative estimate of drug-likeness (QED) is 0.735. The average molecular weight is 410 g/mol. The summed E-state index contributed by atoms with van der Waals surface area (Å²) in [5.41, 5.74) is 2.75. The van der Waals surface area contributed by atoms with Gasteiger partial charge in [-0.05, 0) is 75.6 Å². The lowest BCUT2D eigenvalue weighted by molar-refractivity contribution is 0.0773. The number of hydrogen-bond acceptors (Lipinski definition) is 4. The van der Waals surface area contributed by atoms with E-state index in [0.29, 0.717) is 35.7 Å². The lowest BCUT2D eigenvalue weighted by atomic mass is 10.0. The van der Waals surface area contributed by atoms with Gasteiger partial charge in [0.05, 0.1) is 12.7 Å². The number of carbonyl (C=O) groups excluding carboxylic acids is 2. The molecule has 2 amide bonds. The Bertz CT molecular complexity index is 870. The van der Waals surface area contributed by atoms with E-state index >= 15 is 0 Å². The number of nitrogens with one attached hydrogen (secondary N) is 1. The first-order chi connectivity index (χ1) is 14.6. The lowest BCUT2D eigenvalue weighted by Gasteiger charge is -2.31. The molecule has 0 atom stereocenters. The van der Waals surface area contributed by atoms with Gasteiger partial charge in [-0.25, -0.2) is 0 Å². The van der Waals surface area contributed by atoms with Crippen LogP contribution in [0.3, 0.4) is 0 Å². The van der Waals surface area contributed by atoms with Crippen molar-refractivity contribution in [1.29, 1.82) is 0 Å². The number of methoxy groups -OCH3 is 1. The number of anilines is 2. The van der Waals surface area contributed by atoms with Crippen molar-refractivity contribution in [3.63, 3.8) is 0 Å². The molecule has 2 aromatic carbocycles. The summed E-state index contributed by atoms with van der Waals surface area (Å²) in [6, 6.07) is 12.6. The molecule has 30 heavy (non-hydrogen) atoms.